The van der Waals surface area contributed by atoms with Gasteiger partial charge in [-0.05, 0) is 19.3 Å². The number of rotatable bonds is 1. The highest BCUT2D eigenvalue weighted by Gasteiger charge is 2.51. The summed E-state index contributed by atoms with van der Waals surface area (Å²) in [6, 6.07) is 0.0306. The van der Waals surface area contributed by atoms with Gasteiger partial charge in [-0.1, -0.05) is 0 Å². The highest BCUT2D eigenvalue weighted by atomic mass is 32.2. The number of fused-ring (bicyclic) bond motifs is 2. The molecule has 94 valence electrons. The SMILES string of the molecule is O=S(=O)(N1CCC2CCC(C1)N2)C(F)(F)F. The summed E-state index contributed by atoms with van der Waals surface area (Å²) in [5.41, 5.74) is -5.18. The van der Waals surface area contributed by atoms with Crippen molar-refractivity contribution in [3.8, 4) is 0 Å². The van der Waals surface area contributed by atoms with Crippen LogP contribution in [0.4, 0.5) is 13.2 Å². The van der Waals surface area contributed by atoms with Crippen LogP contribution in [0.15, 0.2) is 0 Å². The number of hydrogen-bond donors (Lipinski definition) is 1. The van der Waals surface area contributed by atoms with Gasteiger partial charge in [0.15, 0.2) is 0 Å². The molecule has 2 aliphatic rings. The van der Waals surface area contributed by atoms with E-state index in [-0.39, 0.29) is 25.2 Å². The smallest absolute Gasteiger partial charge is 0.310 e. The Morgan fingerprint density at radius 2 is 1.75 bits per heavy atom. The van der Waals surface area contributed by atoms with Gasteiger partial charge in [0, 0.05) is 25.2 Å². The van der Waals surface area contributed by atoms with Crippen LogP contribution < -0.4 is 5.32 Å². The average molecular weight is 258 g/mol. The molecule has 8 heteroatoms. The first-order valence-corrected chi connectivity index (χ1v) is 6.57. The normalized spacial score (nSPS) is 32.7. The lowest BCUT2D eigenvalue weighted by Gasteiger charge is -2.24. The zero-order valence-electron chi connectivity index (χ0n) is 8.50. The quantitative estimate of drug-likeness (QED) is 0.751. The second-order valence-electron chi connectivity index (χ2n) is 4.24. The van der Waals surface area contributed by atoms with Crippen molar-refractivity contribution in [3.63, 3.8) is 0 Å². The van der Waals surface area contributed by atoms with Gasteiger partial charge in [-0.25, -0.2) is 8.42 Å². The molecule has 2 unspecified atom stereocenters. The molecule has 0 amide bonds. The van der Waals surface area contributed by atoms with Crippen molar-refractivity contribution < 1.29 is 21.6 Å². The van der Waals surface area contributed by atoms with E-state index in [9.17, 15) is 21.6 Å². The van der Waals surface area contributed by atoms with E-state index in [1.807, 2.05) is 0 Å². The molecule has 2 rings (SSSR count). The summed E-state index contributed by atoms with van der Waals surface area (Å²) >= 11 is 0. The molecule has 16 heavy (non-hydrogen) atoms. The summed E-state index contributed by atoms with van der Waals surface area (Å²) in [5.74, 6) is 0. The third-order valence-electron chi connectivity index (χ3n) is 3.12. The summed E-state index contributed by atoms with van der Waals surface area (Å²) in [6.07, 6.45) is 2.12. The van der Waals surface area contributed by atoms with Crippen molar-refractivity contribution in [2.45, 2.75) is 36.9 Å². The third kappa shape index (κ3) is 2.05. The van der Waals surface area contributed by atoms with Gasteiger partial charge in [-0.2, -0.15) is 17.5 Å². The van der Waals surface area contributed by atoms with E-state index in [0.29, 0.717) is 10.7 Å². The van der Waals surface area contributed by atoms with Crippen LogP contribution in [0.3, 0.4) is 0 Å². The largest absolute Gasteiger partial charge is 0.511 e. The Balaban J connectivity index is 2.17. The zero-order valence-corrected chi connectivity index (χ0v) is 9.31. The minimum atomic E-state index is -5.18. The number of halogens is 3. The van der Waals surface area contributed by atoms with Crippen LogP contribution in [-0.2, 0) is 10.0 Å². The van der Waals surface area contributed by atoms with Crippen LogP contribution in [0.5, 0.6) is 0 Å². The number of nitrogens with one attached hydrogen (secondary N) is 1. The molecule has 2 saturated heterocycles. The molecule has 0 aromatic carbocycles. The molecule has 1 N–H and O–H groups in total. The molecule has 2 heterocycles. The van der Waals surface area contributed by atoms with Gasteiger partial charge in [-0.3, -0.25) is 0 Å². The van der Waals surface area contributed by atoms with Crippen LogP contribution >= 0.6 is 0 Å². The van der Waals surface area contributed by atoms with Crippen molar-refractivity contribution >= 4 is 10.0 Å². The number of hydrogen-bond acceptors (Lipinski definition) is 3. The fourth-order valence-electron chi connectivity index (χ4n) is 2.28. The van der Waals surface area contributed by atoms with Crippen LogP contribution in [0.1, 0.15) is 19.3 Å². The van der Waals surface area contributed by atoms with Crippen molar-refractivity contribution in [3.05, 3.63) is 0 Å². The lowest BCUT2D eigenvalue weighted by molar-refractivity contribution is -0.0489. The minimum Gasteiger partial charge on any atom is -0.310 e. The highest BCUT2D eigenvalue weighted by molar-refractivity contribution is 7.90. The second-order valence-corrected chi connectivity index (χ2v) is 6.16. The van der Waals surface area contributed by atoms with Gasteiger partial charge in [0.2, 0.25) is 0 Å². The van der Waals surface area contributed by atoms with Crippen LogP contribution in [0.25, 0.3) is 0 Å². The average Bonchev–Trinajstić information content (AvgIpc) is 2.43. The second kappa shape index (κ2) is 3.85. The first-order chi connectivity index (χ1) is 7.30. The van der Waals surface area contributed by atoms with E-state index in [0.717, 1.165) is 12.8 Å². The number of sulfonamides is 1. The van der Waals surface area contributed by atoms with E-state index < -0.39 is 15.5 Å². The Labute approximate surface area is 91.8 Å². The van der Waals surface area contributed by atoms with Crippen molar-refractivity contribution in [1.82, 2.24) is 9.62 Å². The van der Waals surface area contributed by atoms with E-state index in [1.165, 1.54) is 0 Å². The standard InChI is InChI=1S/C8H13F3N2O2S/c9-8(10,11)16(14,15)13-4-3-6-1-2-7(5-13)12-6/h6-7,12H,1-5H2. The molecule has 2 bridgehead atoms. The lowest BCUT2D eigenvalue weighted by atomic mass is 10.1. The maximum atomic E-state index is 12.3. The molecule has 2 aliphatic heterocycles. The fourth-order valence-corrected chi connectivity index (χ4v) is 3.29. The van der Waals surface area contributed by atoms with Gasteiger partial charge in [0.25, 0.3) is 0 Å². The summed E-state index contributed by atoms with van der Waals surface area (Å²) in [4.78, 5) is 0. The topological polar surface area (TPSA) is 49.4 Å². The molecular weight excluding hydrogens is 245 g/mol. The zero-order chi connectivity index (χ0) is 12.0. The van der Waals surface area contributed by atoms with Crippen LogP contribution in [0, 0.1) is 0 Å². The van der Waals surface area contributed by atoms with Gasteiger partial charge < -0.3 is 5.32 Å². The van der Waals surface area contributed by atoms with Crippen molar-refractivity contribution in [1.29, 1.82) is 0 Å². The third-order valence-corrected chi connectivity index (χ3v) is 4.71. The summed E-state index contributed by atoms with van der Waals surface area (Å²) in [6.45, 7) is -0.117. The molecule has 0 spiro atoms. The van der Waals surface area contributed by atoms with Gasteiger partial charge >= 0.3 is 15.5 Å². The first kappa shape index (κ1) is 12.1. The molecule has 0 radical (unpaired) electrons. The predicted octanol–water partition coefficient (Wildman–Crippen LogP) is 0.662. The lowest BCUT2D eigenvalue weighted by Crippen LogP contribution is -2.44. The molecule has 4 nitrogen and oxygen atoms in total. The summed E-state index contributed by atoms with van der Waals surface area (Å²) in [5, 5.41) is 3.13. The molecular formula is C8H13F3N2O2S. The van der Waals surface area contributed by atoms with Crippen molar-refractivity contribution in [2.75, 3.05) is 13.1 Å². The Bertz CT molecular complexity index is 368. The molecule has 0 saturated carbocycles. The molecule has 0 aliphatic carbocycles. The predicted molar refractivity (Wildman–Crippen MR) is 51.1 cm³/mol. The molecule has 0 aromatic rings. The fraction of sp³-hybridized carbons (Fsp3) is 1.00. The Morgan fingerprint density at radius 3 is 2.38 bits per heavy atom. The van der Waals surface area contributed by atoms with E-state index in [4.69, 9.17) is 0 Å². The van der Waals surface area contributed by atoms with Gasteiger partial charge in [0.1, 0.15) is 0 Å². The molecule has 2 atom stereocenters. The van der Waals surface area contributed by atoms with Crippen LogP contribution in [0.2, 0.25) is 0 Å². The number of alkyl halides is 3. The van der Waals surface area contributed by atoms with E-state index in [1.54, 1.807) is 0 Å². The van der Waals surface area contributed by atoms with Crippen molar-refractivity contribution in [2.24, 2.45) is 0 Å². The van der Waals surface area contributed by atoms with Gasteiger partial charge in [-0.15, -0.1) is 0 Å². The maximum absolute atomic E-state index is 12.3. The maximum Gasteiger partial charge on any atom is 0.511 e. The number of nitrogens with zero attached hydrogens (tertiary/aromatic N) is 1. The summed E-state index contributed by atoms with van der Waals surface area (Å²) in [7, 11) is -5.15. The Morgan fingerprint density at radius 1 is 1.12 bits per heavy atom. The Hall–Kier alpha value is -0.340. The monoisotopic (exact) mass is 258 g/mol. The van der Waals surface area contributed by atoms with E-state index in [2.05, 4.69) is 5.32 Å². The van der Waals surface area contributed by atoms with E-state index >= 15 is 0 Å². The first-order valence-electron chi connectivity index (χ1n) is 5.13. The van der Waals surface area contributed by atoms with Gasteiger partial charge in [0.05, 0.1) is 0 Å². The summed E-state index contributed by atoms with van der Waals surface area (Å²) < 4.78 is 60.0. The molecule has 0 aromatic heterocycles. The highest BCUT2D eigenvalue weighted by Crippen LogP contribution is 2.30. The minimum absolute atomic E-state index is 0.0456. The Kier molecular flexibility index (Phi) is 2.92. The molecule has 2 fully saturated rings. The van der Waals surface area contributed by atoms with Crippen LogP contribution in [-0.4, -0.2) is 43.4 Å².